The summed E-state index contributed by atoms with van der Waals surface area (Å²) in [7, 11) is 1.47. The van der Waals surface area contributed by atoms with Crippen LogP contribution in [-0.2, 0) is 0 Å². The molecule has 0 radical (unpaired) electrons. The van der Waals surface area contributed by atoms with E-state index in [9.17, 15) is 10.1 Å². The first-order valence-electron chi connectivity index (χ1n) is 7.48. The molecule has 1 rings (SSSR count). The van der Waals surface area contributed by atoms with Crippen LogP contribution in [0.5, 0.6) is 5.75 Å². The minimum atomic E-state index is -0.411. The number of rotatable bonds is 8. The third-order valence-corrected chi connectivity index (χ3v) is 3.76. The lowest BCUT2D eigenvalue weighted by Gasteiger charge is -2.29. The molecule has 0 saturated heterocycles. The molecular weight excluding hydrogens is 268 g/mol. The van der Waals surface area contributed by atoms with Gasteiger partial charge in [0.15, 0.2) is 5.75 Å². The van der Waals surface area contributed by atoms with Gasteiger partial charge in [-0.05, 0) is 37.4 Å². The minimum Gasteiger partial charge on any atom is -0.490 e. The molecule has 1 aromatic carbocycles. The molecule has 118 valence electrons. The summed E-state index contributed by atoms with van der Waals surface area (Å²) in [6.07, 6.45) is 1.08. The van der Waals surface area contributed by atoms with Crippen LogP contribution in [-0.4, -0.2) is 24.6 Å². The topological polar surface area (TPSA) is 64.4 Å². The van der Waals surface area contributed by atoms with E-state index in [0.717, 1.165) is 18.5 Å². The van der Waals surface area contributed by atoms with Crippen molar-refractivity contribution in [3.8, 4) is 5.75 Å². The van der Waals surface area contributed by atoms with Gasteiger partial charge in [-0.1, -0.05) is 26.8 Å². The van der Waals surface area contributed by atoms with Crippen molar-refractivity contribution < 1.29 is 9.66 Å². The van der Waals surface area contributed by atoms with Crippen LogP contribution in [0.2, 0.25) is 0 Å². The van der Waals surface area contributed by atoms with Crippen molar-refractivity contribution in [2.75, 3.05) is 13.7 Å². The lowest BCUT2D eigenvalue weighted by Crippen LogP contribution is -2.35. The second-order valence-electron chi connectivity index (χ2n) is 5.70. The predicted octanol–water partition coefficient (Wildman–Crippen LogP) is 3.73. The van der Waals surface area contributed by atoms with Gasteiger partial charge < -0.3 is 10.1 Å². The normalized spacial score (nSPS) is 14.0. The van der Waals surface area contributed by atoms with E-state index < -0.39 is 4.92 Å². The molecule has 5 heteroatoms. The number of hydrogen-bond donors (Lipinski definition) is 1. The molecule has 0 saturated carbocycles. The maximum absolute atomic E-state index is 11.0. The third-order valence-electron chi connectivity index (χ3n) is 3.76. The average Bonchev–Trinajstić information content (AvgIpc) is 2.44. The van der Waals surface area contributed by atoms with Gasteiger partial charge in [-0.25, -0.2) is 0 Å². The van der Waals surface area contributed by atoms with Crippen molar-refractivity contribution in [1.82, 2.24) is 5.32 Å². The maximum atomic E-state index is 11.0. The van der Waals surface area contributed by atoms with E-state index in [4.69, 9.17) is 4.74 Å². The smallest absolute Gasteiger partial charge is 0.310 e. The molecule has 0 fully saturated rings. The molecular formula is C16H26N2O3. The summed E-state index contributed by atoms with van der Waals surface area (Å²) in [5.74, 6) is 1.03. The first-order chi connectivity index (χ1) is 9.92. The summed E-state index contributed by atoms with van der Waals surface area (Å²) in [5.41, 5.74) is 1.08. The van der Waals surface area contributed by atoms with Crippen LogP contribution in [0, 0.1) is 16.0 Å². The summed E-state index contributed by atoms with van der Waals surface area (Å²) >= 11 is 0. The van der Waals surface area contributed by atoms with Crippen LogP contribution < -0.4 is 10.1 Å². The SMILES string of the molecule is CCCNC(C)C(c1ccc([N+](=O)[O-])c(OC)c1)C(C)C. The van der Waals surface area contributed by atoms with Gasteiger partial charge in [0, 0.05) is 18.0 Å². The van der Waals surface area contributed by atoms with E-state index in [1.165, 1.54) is 13.2 Å². The Morgan fingerprint density at radius 3 is 2.48 bits per heavy atom. The molecule has 0 bridgehead atoms. The van der Waals surface area contributed by atoms with E-state index >= 15 is 0 Å². The van der Waals surface area contributed by atoms with Crippen molar-refractivity contribution in [1.29, 1.82) is 0 Å². The van der Waals surface area contributed by atoms with Crippen LogP contribution in [0.1, 0.15) is 45.6 Å². The lowest BCUT2D eigenvalue weighted by molar-refractivity contribution is -0.385. The Bertz CT molecular complexity index is 475. The lowest BCUT2D eigenvalue weighted by atomic mass is 9.83. The molecule has 2 unspecified atom stereocenters. The molecule has 2 atom stereocenters. The molecule has 0 aliphatic rings. The summed E-state index contributed by atoms with van der Waals surface area (Å²) in [6, 6.07) is 5.48. The third kappa shape index (κ3) is 4.43. The van der Waals surface area contributed by atoms with Gasteiger partial charge in [-0.2, -0.15) is 0 Å². The molecule has 0 amide bonds. The molecule has 5 nitrogen and oxygen atoms in total. The number of benzene rings is 1. The zero-order valence-electron chi connectivity index (χ0n) is 13.6. The number of nitrogens with zero attached hydrogens (tertiary/aromatic N) is 1. The van der Waals surface area contributed by atoms with Crippen molar-refractivity contribution in [3.05, 3.63) is 33.9 Å². The summed E-state index contributed by atoms with van der Waals surface area (Å²) in [4.78, 5) is 10.6. The molecule has 21 heavy (non-hydrogen) atoms. The number of ether oxygens (including phenoxy) is 1. The molecule has 0 aliphatic carbocycles. The highest BCUT2D eigenvalue weighted by Gasteiger charge is 2.25. The Hall–Kier alpha value is -1.62. The maximum Gasteiger partial charge on any atom is 0.310 e. The zero-order chi connectivity index (χ0) is 16.0. The number of nitro benzene ring substituents is 1. The summed E-state index contributed by atoms with van der Waals surface area (Å²) in [5, 5.41) is 14.5. The molecule has 1 N–H and O–H groups in total. The monoisotopic (exact) mass is 294 g/mol. The zero-order valence-corrected chi connectivity index (χ0v) is 13.6. The van der Waals surface area contributed by atoms with Gasteiger partial charge in [-0.3, -0.25) is 10.1 Å². The van der Waals surface area contributed by atoms with Crippen LogP contribution >= 0.6 is 0 Å². The Morgan fingerprint density at radius 2 is 2.00 bits per heavy atom. The van der Waals surface area contributed by atoms with E-state index in [0.29, 0.717) is 17.7 Å². The molecule has 0 aliphatic heterocycles. The molecule has 0 spiro atoms. The van der Waals surface area contributed by atoms with Gasteiger partial charge in [-0.15, -0.1) is 0 Å². The predicted molar refractivity (Wildman–Crippen MR) is 85.0 cm³/mol. The fraction of sp³-hybridized carbons (Fsp3) is 0.625. The summed E-state index contributed by atoms with van der Waals surface area (Å²) in [6.45, 7) is 9.60. The van der Waals surface area contributed by atoms with Crippen LogP contribution in [0.3, 0.4) is 0 Å². The summed E-state index contributed by atoms with van der Waals surface area (Å²) < 4.78 is 5.18. The highest BCUT2D eigenvalue weighted by Crippen LogP contribution is 2.34. The standard InChI is InChI=1S/C16H26N2O3/c1-6-9-17-12(4)16(11(2)3)13-7-8-14(18(19)20)15(10-13)21-5/h7-8,10-12,16-17H,6,9H2,1-5H3. The quantitative estimate of drug-likeness (QED) is 0.586. The van der Waals surface area contributed by atoms with E-state index in [1.807, 2.05) is 6.07 Å². The van der Waals surface area contributed by atoms with Gasteiger partial charge in [0.25, 0.3) is 0 Å². The fourth-order valence-electron chi connectivity index (χ4n) is 2.80. The molecule has 0 heterocycles. The van der Waals surface area contributed by atoms with Crippen LogP contribution in [0.25, 0.3) is 0 Å². The Kier molecular flexibility index (Phi) is 6.62. The Labute approximate surface area is 126 Å². The van der Waals surface area contributed by atoms with E-state index in [1.54, 1.807) is 6.07 Å². The largest absolute Gasteiger partial charge is 0.490 e. The van der Waals surface area contributed by atoms with E-state index in [2.05, 4.69) is 33.0 Å². The number of nitrogens with one attached hydrogen (secondary N) is 1. The van der Waals surface area contributed by atoms with Crippen molar-refractivity contribution in [2.45, 2.75) is 46.1 Å². The van der Waals surface area contributed by atoms with Crippen LogP contribution in [0.4, 0.5) is 5.69 Å². The number of hydrogen-bond acceptors (Lipinski definition) is 4. The van der Waals surface area contributed by atoms with E-state index in [-0.39, 0.29) is 11.6 Å². The van der Waals surface area contributed by atoms with Gasteiger partial charge in [0.1, 0.15) is 0 Å². The Morgan fingerprint density at radius 1 is 1.33 bits per heavy atom. The second kappa shape index (κ2) is 7.98. The first kappa shape index (κ1) is 17.4. The average molecular weight is 294 g/mol. The molecule has 1 aromatic rings. The highest BCUT2D eigenvalue weighted by molar-refractivity contribution is 5.49. The second-order valence-corrected chi connectivity index (χ2v) is 5.70. The highest BCUT2D eigenvalue weighted by atomic mass is 16.6. The molecule has 0 aromatic heterocycles. The first-order valence-corrected chi connectivity index (χ1v) is 7.48. The van der Waals surface area contributed by atoms with Gasteiger partial charge >= 0.3 is 5.69 Å². The minimum absolute atomic E-state index is 0.0120. The van der Waals surface area contributed by atoms with Crippen LogP contribution in [0.15, 0.2) is 18.2 Å². The van der Waals surface area contributed by atoms with Gasteiger partial charge in [0.05, 0.1) is 12.0 Å². The number of methoxy groups -OCH3 is 1. The van der Waals surface area contributed by atoms with Crippen molar-refractivity contribution >= 4 is 5.69 Å². The Balaban J connectivity index is 3.11. The number of nitro groups is 1. The fourth-order valence-corrected chi connectivity index (χ4v) is 2.80. The van der Waals surface area contributed by atoms with Crippen molar-refractivity contribution in [3.63, 3.8) is 0 Å². The van der Waals surface area contributed by atoms with Crippen molar-refractivity contribution in [2.24, 2.45) is 5.92 Å². The van der Waals surface area contributed by atoms with Gasteiger partial charge in [0.2, 0.25) is 0 Å².